The maximum atomic E-state index is 11.2. The predicted octanol–water partition coefficient (Wildman–Crippen LogP) is 2.55. The van der Waals surface area contributed by atoms with Gasteiger partial charge in [-0.15, -0.1) is 0 Å². The molecule has 4 nitrogen and oxygen atoms in total. The third-order valence-corrected chi connectivity index (χ3v) is 6.06. The van der Waals surface area contributed by atoms with Gasteiger partial charge in [-0.25, -0.2) is 0 Å². The van der Waals surface area contributed by atoms with Crippen LogP contribution in [0.4, 0.5) is 5.69 Å². The first-order chi connectivity index (χ1) is 10.2. The van der Waals surface area contributed by atoms with Crippen LogP contribution in [0.5, 0.6) is 0 Å². The summed E-state index contributed by atoms with van der Waals surface area (Å²) in [7, 11) is 0. The maximum Gasteiger partial charge on any atom is 0.101 e. The lowest BCUT2D eigenvalue weighted by Crippen LogP contribution is -2.60. The number of nitrogens with one attached hydrogen (secondary N) is 1. The molecule has 4 aliphatic rings. The predicted molar refractivity (Wildman–Crippen MR) is 79.4 cm³/mol. The highest BCUT2D eigenvalue weighted by Crippen LogP contribution is 2.58. The summed E-state index contributed by atoms with van der Waals surface area (Å²) in [6.07, 6.45) is 9.43. The molecular formula is C17H21N3O. The van der Waals surface area contributed by atoms with E-state index in [1.54, 1.807) is 18.5 Å². The van der Waals surface area contributed by atoms with E-state index in [1.807, 2.05) is 0 Å². The smallest absolute Gasteiger partial charge is 0.101 e. The van der Waals surface area contributed by atoms with Crippen molar-refractivity contribution in [1.82, 2.24) is 4.98 Å². The Labute approximate surface area is 125 Å². The van der Waals surface area contributed by atoms with Crippen molar-refractivity contribution in [2.75, 3.05) is 11.9 Å². The molecule has 5 rings (SSSR count). The number of aliphatic hydroxyl groups is 1. The van der Waals surface area contributed by atoms with Crippen molar-refractivity contribution < 1.29 is 5.11 Å². The maximum absolute atomic E-state index is 11.2. The zero-order chi connectivity index (χ0) is 14.4. The van der Waals surface area contributed by atoms with E-state index in [2.05, 4.69) is 16.4 Å². The van der Waals surface area contributed by atoms with E-state index in [-0.39, 0.29) is 0 Å². The monoisotopic (exact) mass is 283 g/mol. The first kappa shape index (κ1) is 13.1. The van der Waals surface area contributed by atoms with Gasteiger partial charge in [-0.3, -0.25) is 4.98 Å². The molecule has 4 heteroatoms. The molecule has 0 saturated heterocycles. The number of nitriles is 1. The average Bonchev–Trinajstić information content (AvgIpc) is 2.50. The van der Waals surface area contributed by atoms with Crippen LogP contribution in [-0.4, -0.2) is 22.2 Å². The summed E-state index contributed by atoms with van der Waals surface area (Å²) in [5, 5.41) is 23.7. The number of pyridine rings is 1. The van der Waals surface area contributed by atoms with Gasteiger partial charge in [-0.1, -0.05) is 0 Å². The number of aromatic nitrogens is 1. The fourth-order valence-electron chi connectivity index (χ4n) is 5.16. The molecule has 0 unspecified atom stereocenters. The molecule has 0 aromatic carbocycles. The molecule has 0 radical (unpaired) electrons. The van der Waals surface area contributed by atoms with E-state index in [1.165, 1.54) is 32.1 Å². The second kappa shape index (κ2) is 4.71. The Morgan fingerprint density at radius 2 is 1.90 bits per heavy atom. The largest absolute Gasteiger partial charge is 0.387 e. The van der Waals surface area contributed by atoms with Gasteiger partial charge < -0.3 is 10.4 Å². The summed E-state index contributed by atoms with van der Waals surface area (Å²) in [4.78, 5) is 4.08. The molecule has 1 heterocycles. The Morgan fingerprint density at radius 1 is 1.24 bits per heavy atom. The third kappa shape index (κ3) is 2.03. The molecule has 0 amide bonds. The van der Waals surface area contributed by atoms with E-state index in [0.717, 1.165) is 17.5 Å². The molecule has 21 heavy (non-hydrogen) atoms. The number of hydrogen-bond acceptors (Lipinski definition) is 4. The van der Waals surface area contributed by atoms with Crippen molar-refractivity contribution >= 4 is 5.69 Å². The Bertz CT molecular complexity index is 564. The molecule has 2 N–H and O–H groups in total. The van der Waals surface area contributed by atoms with E-state index >= 15 is 0 Å². The number of anilines is 1. The van der Waals surface area contributed by atoms with Crippen LogP contribution in [0.3, 0.4) is 0 Å². The van der Waals surface area contributed by atoms with Gasteiger partial charge in [0.2, 0.25) is 0 Å². The highest BCUT2D eigenvalue weighted by molar-refractivity contribution is 5.55. The fraction of sp³-hybridized carbons (Fsp3) is 0.647. The molecule has 4 saturated carbocycles. The van der Waals surface area contributed by atoms with Crippen molar-refractivity contribution in [1.29, 1.82) is 5.26 Å². The molecular weight excluding hydrogens is 262 g/mol. The van der Waals surface area contributed by atoms with Gasteiger partial charge >= 0.3 is 0 Å². The molecule has 4 fully saturated rings. The van der Waals surface area contributed by atoms with Crippen molar-refractivity contribution in [3.8, 4) is 6.07 Å². The van der Waals surface area contributed by atoms with Crippen LogP contribution in [0.25, 0.3) is 0 Å². The van der Waals surface area contributed by atoms with Crippen LogP contribution < -0.4 is 5.32 Å². The zero-order valence-corrected chi connectivity index (χ0v) is 12.1. The normalized spacial score (nSPS) is 40.0. The highest BCUT2D eigenvalue weighted by atomic mass is 16.3. The van der Waals surface area contributed by atoms with Gasteiger partial charge in [0.15, 0.2) is 0 Å². The third-order valence-electron chi connectivity index (χ3n) is 6.06. The van der Waals surface area contributed by atoms with E-state index < -0.39 is 5.60 Å². The number of hydrogen-bond donors (Lipinski definition) is 2. The van der Waals surface area contributed by atoms with Gasteiger partial charge in [0.1, 0.15) is 6.07 Å². The van der Waals surface area contributed by atoms with Crippen molar-refractivity contribution in [3.63, 3.8) is 0 Å². The topological polar surface area (TPSA) is 68.9 Å². The van der Waals surface area contributed by atoms with Crippen LogP contribution in [0.2, 0.25) is 0 Å². The van der Waals surface area contributed by atoms with Gasteiger partial charge in [0, 0.05) is 12.7 Å². The lowest BCUT2D eigenvalue weighted by atomic mass is 9.50. The Kier molecular flexibility index (Phi) is 2.93. The highest BCUT2D eigenvalue weighted by Gasteiger charge is 2.56. The van der Waals surface area contributed by atoms with Gasteiger partial charge in [-0.05, 0) is 61.8 Å². The molecule has 1 aromatic rings. The second-order valence-corrected chi connectivity index (χ2v) is 7.18. The van der Waals surface area contributed by atoms with E-state index in [0.29, 0.717) is 23.9 Å². The van der Waals surface area contributed by atoms with E-state index in [9.17, 15) is 5.11 Å². The summed E-state index contributed by atoms with van der Waals surface area (Å²) in [6, 6.07) is 3.89. The van der Waals surface area contributed by atoms with Gasteiger partial charge in [0.25, 0.3) is 0 Å². The van der Waals surface area contributed by atoms with Crippen molar-refractivity contribution in [2.45, 2.75) is 37.7 Å². The summed E-state index contributed by atoms with van der Waals surface area (Å²) >= 11 is 0. The average molecular weight is 283 g/mol. The molecule has 1 aromatic heterocycles. The quantitative estimate of drug-likeness (QED) is 0.894. The molecule has 0 aliphatic heterocycles. The van der Waals surface area contributed by atoms with Gasteiger partial charge in [0.05, 0.1) is 23.0 Å². The van der Waals surface area contributed by atoms with Crippen molar-refractivity contribution in [3.05, 3.63) is 24.0 Å². The van der Waals surface area contributed by atoms with Crippen LogP contribution >= 0.6 is 0 Å². The Morgan fingerprint density at radius 3 is 2.52 bits per heavy atom. The minimum absolute atomic E-state index is 0.434. The Hall–Kier alpha value is -1.60. The second-order valence-electron chi connectivity index (χ2n) is 7.18. The first-order valence-electron chi connectivity index (χ1n) is 7.99. The minimum Gasteiger partial charge on any atom is -0.387 e. The minimum atomic E-state index is -0.601. The fourth-order valence-corrected chi connectivity index (χ4v) is 5.16. The molecule has 110 valence electrons. The number of rotatable bonds is 3. The lowest BCUT2D eigenvalue weighted by Gasteiger charge is -2.59. The van der Waals surface area contributed by atoms with Crippen LogP contribution in [0, 0.1) is 35.0 Å². The summed E-state index contributed by atoms with van der Waals surface area (Å²) in [6.45, 7) is 0.544. The van der Waals surface area contributed by atoms with E-state index in [4.69, 9.17) is 5.26 Å². The summed E-state index contributed by atoms with van der Waals surface area (Å²) in [5.74, 6) is 2.56. The summed E-state index contributed by atoms with van der Waals surface area (Å²) < 4.78 is 0. The lowest BCUT2D eigenvalue weighted by molar-refractivity contribution is -0.164. The molecule has 0 atom stereocenters. The zero-order valence-electron chi connectivity index (χ0n) is 12.1. The first-order valence-corrected chi connectivity index (χ1v) is 7.99. The van der Waals surface area contributed by atoms with Crippen LogP contribution in [-0.2, 0) is 0 Å². The summed E-state index contributed by atoms with van der Waals surface area (Å²) in [5.41, 5.74) is 0.732. The molecule has 4 aliphatic carbocycles. The Balaban J connectivity index is 1.53. The van der Waals surface area contributed by atoms with Crippen molar-refractivity contribution in [2.24, 2.45) is 23.7 Å². The molecule has 0 spiro atoms. The van der Waals surface area contributed by atoms with Gasteiger partial charge in [-0.2, -0.15) is 5.26 Å². The SMILES string of the molecule is N#Cc1ccncc1NCC1(O)C2CC3CC(C2)CC1C3. The van der Waals surface area contributed by atoms with Crippen LogP contribution in [0.1, 0.15) is 37.7 Å². The standard InChI is InChI=1S/C17H21N3O/c18-8-13-1-2-19-9-16(13)20-10-17(21)14-4-11-3-12(6-14)7-15(17)5-11/h1-2,9,11-12,14-15,20-21H,3-7,10H2. The molecule has 4 bridgehead atoms. The number of nitrogens with zero attached hydrogens (tertiary/aromatic N) is 2. The van der Waals surface area contributed by atoms with Crippen LogP contribution in [0.15, 0.2) is 18.5 Å².